The van der Waals surface area contributed by atoms with Crippen molar-refractivity contribution in [3.05, 3.63) is 0 Å². The second kappa shape index (κ2) is 34.9. The molecule has 0 aromatic rings. The summed E-state index contributed by atoms with van der Waals surface area (Å²) in [6.45, 7) is 18.0. The van der Waals surface area contributed by atoms with Crippen molar-refractivity contribution >= 4 is 17.8 Å². The fraction of sp³-hybridized carbons (Fsp3) is 0.953. The van der Waals surface area contributed by atoms with Gasteiger partial charge in [0.2, 0.25) is 5.91 Å². The van der Waals surface area contributed by atoms with Crippen LogP contribution in [-0.4, -0.2) is 97.0 Å². The summed E-state index contributed by atoms with van der Waals surface area (Å²) < 4.78 is 27.1. The molecule has 9 heteroatoms. The van der Waals surface area contributed by atoms with Gasteiger partial charge in [-0.1, -0.05) is 221 Å². The molecular weight excluding hydrogens is 909 g/mol. The van der Waals surface area contributed by atoms with E-state index in [1.54, 1.807) is 0 Å². The quantitative estimate of drug-likeness (QED) is 0.0440. The molecule has 0 aromatic heterocycles. The van der Waals surface area contributed by atoms with Crippen LogP contribution in [-0.2, 0) is 33.3 Å². The van der Waals surface area contributed by atoms with Gasteiger partial charge in [-0.2, -0.15) is 0 Å². The molecule has 5 rings (SSSR count). The highest BCUT2D eigenvalue weighted by Gasteiger charge is 2.81. The first-order chi connectivity index (χ1) is 35.7. The lowest BCUT2D eigenvalue weighted by molar-refractivity contribution is -0.182. The standard InChI is InChI=1S/C64H116N2O7/c1-7-13-17-21-25-29-36-52(37-30-26-22-18-14-8-2)40-33-43-58(68)70-48-54-55(49-71-59(69)44-34-41-53(38-31-27-23-19-15-9-3)39-32-28-24-20-16-10-4)64-51-66(57(67)42-35-47-65(11-5)12-6)50-63-46-45-56(72-63)60(62(63)64)61(54)73-64/h52-56,60-62H,7-51H2,1-6H3. The fourth-order valence-corrected chi connectivity index (χ4v) is 15.0. The van der Waals surface area contributed by atoms with Gasteiger partial charge in [-0.05, 0) is 76.4 Å². The average Bonchev–Trinajstić information content (AvgIpc) is 4.14. The zero-order valence-corrected chi connectivity index (χ0v) is 48.7. The molecule has 73 heavy (non-hydrogen) atoms. The zero-order valence-electron chi connectivity index (χ0n) is 48.7. The number of carbonyl (C=O) groups excluding carboxylic acids is 3. The topological polar surface area (TPSA) is 94.6 Å². The molecule has 4 bridgehead atoms. The summed E-state index contributed by atoms with van der Waals surface area (Å²) >= 11 is 0. The van der Waals surface area contributed by atoms with Crippen LogP contribution < -0.4 is 0 Å². The third kappa shape index (κ3) is 19.3. The van der Waals surface area contributed by atoms with E-state index in [4.69, 9.17) is 18.9 Å². The Kier molecular flexibility index (Phi) is 29.7. The van der Waals surface area contributed by atoms with Gasteiger partial charge >= 0.3 is 11.9 Å². The first-order valence-electron chi connectivity index (χ1n) is 32.4. The third-order valence-corrected chi connectivity index (χ3v) is 19.2. The van der Waals surface area contributed by atoms with Crippen molar-refractivity contribution in [3.8, 4) is 0 Å². The van der Waals surface area contributed by atoms with Gasteiger partial charge in [0.15, 0.2) is 0 Å². The van der Waals surface area contributed by atoms with Crippen molar-refractivity contribution in [2.24, 2.45) is 35.5 Å². The number of hydrogen-bond acceptors (Lipinski definition) is 8. The molecule has 8 unspecified atom stereocenters. The van der Waals surface area contributed by atoms with Gasteiger partial charge in [-0.25, -0.2) is 0 Å². The van der Waals surface area contributed by atoms with Crippen LogP contribution in [0.1, 0.15) is 286 Å². The highest BCUT2D eigenvalue weighted by molar-refractivity contribution is 5.77. The van der Waals surface area contributed by atoms with Crippen LogP contribution in [0.3, 0.4) is 0 Å². The van der Waals surface area contributed by atoms with Crippen molar-refractivity contribution < 1.29 is 33.3 Å². The summed E-state index contributed by atoms with van der Waals surface area (Å²) in [7, 11) is 0. The normalized spacial score (nSPS) is 25.7. The van der Waals surface area contributed by atoms with E-state index in [1.807, 2.05) is 0 Å². The first-order valence-corrected chi connectivity index (χ1v) is 32.4. The molecule has 0 aliphatic carbocycles. The van der Waals surface area contributed by atoms with Crippen LogP contribution in [0.2, 0.25) is 0 Å². The van der Waals surface area contributed by atoms with Crippen LogP contribution in [0.25, 0.3) is 0 Å². The lowest BCUT2D eigenvalue weighted by Crippen LogP contribution is -2.69. The van der Waals surface area contributed by atoms with E-state index < -0.39 is 11.2 Å². The second-order valence-corrected chi connectivity index (χ2v) is 24.6. The average molecular weight is 1030 g/mol. The molecule has 5 saturated heterocycles. The highest BCUT2D eigenvalue weighted by Crippen LogP contribution is 2.70. The number of fused-ring (bicyclic) bond motifs is 4. The van der Waals surface area contributed by atoms with Crippen LogP contribution in [0.5, 0.6) is 0 Å². The van der Waals surface area contributed by atoms with Crippen molar-refractivity contribution in [1.29, 1.82) is 0 Å². The number of hydrogen-bond donors (Lipinski definition) is 0. The molecule has 0 radical (unpaired) electrons. The molecular formula is C64H116N2O7. The van der Waals surface area contributed by atoms with Gasteiger partial charge in [0.25, 0.3) is 0 Å². The number of rotatable bonds is 46. The van der Waals surface area contributed by atoms with Crippen molar-refractivity contribution in [2.45, 2.75) is 309 Å². The zero-order chi connectivity index (χ0) is 52.2. The number of likely N-dealkylation sites (tertiary alicyclic amines) is 1. The van der Waals surface area contributed by atoms with Crippen molar-refractivity contribution in [3.63, 3.8) is 0 Å². The molecule has 8 atom stereocenters. The summed E-state index contributed by atoms with van der Waals surface area (Å²) in [5.74, 6) is 1.38. The Labute approximate surface area is 449 Å². The summed E-state index contributed by atoms with van der Waals surface area (Å²) in [5.41, 5.74) is -1.11. The predicted molar refractivity (Wildman–Crippen MR) is 301 cm³/mol. The Morgan fingerprint density at radius 1 is 0.534 bits per heavy atom. The molecule has 5 heterocycles. The lowest BCUT2D eigenvalue weighted by Gasteiger charge is -2.55. The van der Waals surface area contributed by atoms with Crippen molar-refractivity contribution in [1.82, 2.24) is 9.80 Å². The summed E-state index contributed by atoms with van der Waals surface area (Å²) in [6.07, 6.45) is 44.9. The minimum absolute atomic E-state index is 0.0899. The molecule has 0 saturated carbocycles. The monoisotopic (exact) mass is 1020 g/mol. The van der Waals surface area contributed by atoms with Gasteiger partial charge in [0, 0.05) is 42.9 Å². The van der Waals surface area contributed by atoms with Crippen LogP contribution in [0, 0.1) is 35.5 Å². The Morgan fingerprint density at radius 2 is 0.986 bits per heavy atom. The molecule has 0 N–H and O–H groups in total. The number of ether oxygens (including phenoxy) is 4. The maximum atomic E-state index is 14.3. The maximum absolute atomic E-state index is 14.3. The van der Waals surface area contributed by atoms with Crippen LogP contribution in [0.4, 0.5) is 0 Å². The van der Waals surface area contributed by atoms with E-state index >= 15 is 0 Å². The smallest absolute Gasteiger partial charge is 0.305 e. The highest BCUT2D eigenvalue weighted by atomic mass is 16.6. The van der Waals surface area contributed by atoms with Crippen LogP contribution >= 0.6 is 0 Å². The first kappa shape index (κ1) is 62.1. The van der Waals surface area contributed by atoms with E-state index in [0.717, 1.165) is 64.6 Å². The van der Waals surface area contributed by atoms with E-state index in [2.05, 4.69) is 51.3 Å². The number of amides is 1. The third-order valence-electron chi connectivity index (χ3n) is 19.2. The Morgan fingerprint density at radius 3 is 1.47 bits per heavy atom. The van der Waals surface area contributed by atoms with Gasteiger partial charge < -0.3 is 28.7 Å². The molecule has 424 valence electrons. The minimum atomic E-state index is -0.686. The molecule has 1 amide bonds. The minimum Gasteiger partial charge on any atom is -0.465 e. The number of piperidine rings is 1. The Hall–Kier alpha value is -1.71. The molecule has 2 spiro atoms. The van der Waals surface area contributed by atoms with Gasteiger partial charge in [0.05, 0.1) is 49.7 Å². The summed E-state index contributed by atoms with van der Waals surface area (Å²) in [6, 6.07) is 0. The van der Waals surface area contributed by atoms with E-state index in [9.17, 15) is 14.4 Å². The van der Waals surface area contributed by atoms with Crippen molar-refractivity contribution in [2.75, 3.05) is 45.9 Å². The molecule has 9 nitrogen and oxygen atoms in total. The SMILES string of the molecule is CCCCCCCCC(CCCCCCCC)CCCC(=O)OCC1C2OC3(CN(C(=O)CCCN(CC)CC)CC45CCC(O4)C2C53)C1COC(=O)CCCC(CCCCCCCC)CCCCCCCC. The van der Waals surface area contributed by atoms with Gasteiger partial charge in [-0.3, -0.25) is 14.4 Å². The largest absolute Gasteiger partial charge is 0.465 e. The van der Waals surface area contributed by atoms with Gasteiger partial charge in [-0.15, -0.1) is 0 Å². The Balaban J connectivity index is 1.22. The Bertz CT molecular complexity index is 1470. The number of carbonyl (C=O) groups is 3. The molecule has 0 aromatic carbocycles. The van der Waals surface area contributed by atoms with E-state index in [1.165, 1.54) is 180 Å². The number of esters is 2. The summed E-state index contributed by atoms with van der Waals surface area (Å²) in [4.78, 5) is 46.4. The lowest BCUT2D eigenvalue weighted by atomic mass is 9.53. The molecule has 5 aliphatic rings. The fourth-order valence-electron chi connectivity index (χ4n) is 15.0. The second-order valence-electron chi connectivity index (χ2n) is 24.6. The molecule has 5 fully saturated rings. The van der Waals surface area contributed by atoms with Gasteiger partial charge in [0.1, 0.15) is 0 Å². The maximum Gasteiger partial charge on any atom is 0.305 e. The van der Waals surface area contributed by atoms with Crippen LogP contribution in [0.15, 0.2) is 0 Å². The van der Waals surface area contributed by atoms with E-state index in [-0.39, 0.29) is 66.9 Å². The number of nitrogens with zero attached hydrogens (tertiary/aromatic N) is 2. The number of unbranched alkanes of at least 4 members (excludes halogenated alkanes) is 20. The predicted octanol–water partition coefficient (Wildman–Crippen LogP) is 16.2. The van der Waals surface area contributed by atoms with E-state index in [0.29, 0.717) is 44.2 Å². The molecule has 5 aliphatic heterocycles. The summed E-state index contributed by atoms with van der Waals surface area (Å²) in [5, 5.41) is 0.